The summed E-state index contributed by atoms with van der Waals surface area (Å²) in [5, 5.41) is 2.03. The Hall–Kier alpha value is -2.76. The van der Waals surface area contributed by atoms with Crippen LogP contribution >= 0.6 is 11.3 Å². The quantitative estimate of drug-likeness (QED) is 0.705. The van der Waals surface area contributed by atoms with E-state index >= 15 is 0 Å². The van der Waals surface area contributed by atoms with Crippen molar-refractivity contribution >= 4 is 33.3 Å². The second-order valence-corrected chi connectivity index (χ2v) is 6.38. The maximum absolute atomic E-state index is 5.59. The number of aromatic nitrogens is 4. The minimum absolute atomic E-state index is 0.228. The molecule has 0 unspecified atom stereocenters. The molecule has 0 amide bonds. The Bertz CT molecular complexity index is 966. The Morgan fingerprint density at radius 1 is 1.20 bits per heavy atom. The lowest BCUT2D eigenvalue weighted by Crippen LogP contribution is -2.36. The van der Waals surface area contributed by atoms with Gasteiger partial charge in [-0.1, -0.05) is 5.92 Å². The van der Waals surface area contributed by atoms with Crippen molar-refractivity contribution in [1.82, 2.24) is 19.9 Å². The van der Waals surface area contributed by atoms with E-state index in [1.165, 1.54) is 0 Å². The number of rotatable bonds is 2. The highest BCUT2D eigenvalue weighted by molar-refractivity contribution is 7.18. The first-order chi connectivity index (χ1) is 12.3. The van der Waals surface area contributed by atoms with Crippen molar-refractivity contribution in [3.8, 4) is 23.2 Å². The van der Waals surface area contributed by atoms with Gasteiger partial charge in [0.2, 0.25) is 5.95 Å². The van der Waals surface area contributed by atoms with E-state index in [-0.39, 0.29) is 5.95 Å². The van der Waals surface area contributed by atoms with E-state index in [0.29, 0.717) is 19.0 Å². The van der Waals surface area contributed by atoms with Gasteiger partial charge in [0.1, 0.15) is 5.52 Å². The van der Waals surface area contributed by atoms with E-state index < -0.39 is 0 Å². The zero-order valence-electron chi connectivity index (χ0n) is 13.7. The summed E-state index contributed by atoms with van der Waals surface area (Å²) in [6.07, 6.45) is 3.29. The van der Waals surface area contributed by atoms with Crippen LogP contribution in [0, 0.1) is 11.8 Å². The summed E-state index contributed by atoms with van der Waals surface area (Å²) < 4.78 is 6.51. The molecule has 0 saturated carbocycles. The summed E-state index contributed by atoms with van der Waals surface area (Å²) in [6, 6.07) is 0. The number of thiophene rings is 1. The third-order valence-electron chi connectivity index (χ3n) is 3.90. The van der Waals surface area contributed by atoms with E-state index in [9.17, 15) is 0 Å². The highest BCUT2D eigenvalue weighted by atomic mass is 32.1. The van der Waals surface area contributed by atoms with Gasteiger partial charge in [0.05, 0.1) is 29.0 Å². The molecule has 3 aromatic heterocycles. The lowest BCUT2D eigenvalue weighted by atomic mass is 10.2. The Morgan fingerprint density at radius 2 is 1.96 bits per heavy atom. The molecule has 0 spiro atoms. The van der Waals surface area contributed by atoms with Crippen molar-refractivity contribution in [3.63, 3.8) is 0 Å². The summed E-state index contributed by atoms with van der Waals surface area (Å²) in [6.45, 7) is 4.81. The highest BCUT2D eigenvalue weighted by Gasteiger charge is 2.20. The van der Waals surface area contributed by atoms with Gasteiger partial charge in [-0.15, -0.1) is 17.3 Å². The summed E-state index contributed by atoms with van der Waals surface area (Å²) in [7, 11) is 0. The first kappa shape index (κ1) is 15.7. The number of nitrogens with two attached hydrogens (primary N) is 1. The number of hydrogen-bond acceptors (Lipinski definition) is 8. The number of nitrogen functional groups attached to an aromatic ring is 1. The molecule has 0 radical (unpaired) electrons. The first-order valence-corrected chi connectivity index (χ1v) is 8.77. The predicted molar refractivity (Wildman–Crippen MR) is 98.4 cm³/mol. The van der Waals surface area contributed by atoms with Crippen LogP contribution in [-0.2, 0) is 4.74 Å². The second-order valence-electron chi connectivity index (χ2n) is 5.50. The van der Waals surface area contributed by atoms with Crippen LogP contribution in [0.3, 0.4) is 0 Å². The number of anilines is 2. The van der Waals surface area contributed by atoms with Gasteiger partial charge in [0.15, 0.2) is 11.6 Å². The second kappa shape index (κ2) is 6.63. The SMILES string of the molecule is CC#Cc1csc2c(N3CCOCC3)nc(-c3cnc(N)nc3)nc12. The van der Waals surface area contributed by atoms with Crippen LogP contribution < -0.4 is 10.6 Å². The average molecular weight is 352 g/mol. The Kier molecular flexibility index (Phi) is 4.17. The molecule has 0 aromatic carbocycles. The van der Waals surface area contributed by atoms with Crippen molar-refractivity contribution < 1.29 is 4.74 Å². The molecule has 25 heavy (non-hydrogen) atoms. The van der Waals surface area contributed by atoms with Gasteiger partial charge in [-0.05, 0) is 6.92 Å². The van der Waals surface area contributed by atoms with E-state index in [1.54, 1.807) is 23.7 Å². The fourth-order valence-electron chi connectivity index (χ4n) is 2.70. The van der Waals surface area contributed by atoms with E-state index in [1.807, 2.05) is 12.3 Å². The molecule has 7 nitrogen and oxygen atoms in total. The van der Waals surface area contributed by atoms with E-state index in [0.717, 1.165) is 40.3 Å². The zero-order valence-corrected chi connectivity index (χ0v) is 14.5. The lowest BCUT2D eigenvalue weighted by molar-refractivity contribution is 0.122. The standard InChI is InChI=1S/C17H16N6OS/c1-2-3-11-10-25-14-13(11)21-15(12-8-19-17(18)20-9-12)22-16(14)23-4-6-24-7-5-23/h8-10H,4-7H2,1H3,(H2,18,19,20). The van der Waals surface area contributed by atoms with Gasteiger partial charge >= 0.3 is 0 Å². The Labute approximate surface area is 148 Å². The summed E-state index contributed by atoms with van der Waals surface area (Å²) in [5.41, 5.74) is 8.09. The minimum atomic E-state index is 0.228. The van der Waals surface area contributed by atoms with Gasteiger partial charge in [0.25, 0.3) is 0 Å². The third-order valence-corrected chi connectivity index (χ3v) is 4.86. The average Bonchev–Trinajstić information content (AvgIpc) is 3.06. The zero-order chi connectivity index (χ0) is 17.2. The Balaban J connectivity index is 1.91. The lowest BCUT2D eigenvalue weighted by Gasteiger charge is -2.28. The van der Waals surface area contributed by atoms with Crippen LogP contribution in [0.25, 0.3) is 21.6 Å². The fourth-order valence-corrected chi connectivity index (χ4v) is 3.65. The summed E-state index contributed by atoms with van der Waals surface area (Å²) >= 11 is 1.62. The first-order valence-electron chi connectivity index (χ1n) is 7.89. The molecule has 126 valence electrons. The summed E-state index contributed by atoms with van der Waals surface area (Å²) in [5.74, 6) is 7.79. The highest BCUT2D eigenvalue weighted by Crippen LogP contribution is 2.34. The molecule has 1 fully saturated rings. The fraction of sp³-hybridized carbons (Fsp3) is 0.294. The van der Waals surface area contributed by atoms with Crippen LogP contribution in [0.4, 0.5) is 11.8 Å². The number of morpholine rings is 1. The third kappa shape index (κ3) is 2.99. The molecule has 1 saturated heterocycles. The molecule has 3 aromatic rings. The molecule has 4 rings (SSSR count). The normalized spacial score (nSPS) is 14.4. The molecule has 8 heteroatoms. The van der Waals surface area contributed by atoms with Gasteiger partial charge in [-0.25, -0.2) is 19.9 Å². The minimum Gasteiger partial charge on any atom is -0.378 e. The van der Waals surface area contributed by atoms with Crippen LogP contribution in [0.5, 0.6) is 0 Å². The molecule has 2 N–H and O–H groups in total. The van der Waals surface area contributed by atoms with E-state index in [4.69, 9.17) is 20.4 Å². The number of ether oxygens (including phenoxy) is 1. The number of nitrogens with zero attached hydrogens (tertiary/aromatic N) is 5. The van der Waals surface area contributed by atoms with E-state index in [2.05, 4.69) is 26.7 Å². The monoisotopic (exact) mass is 352 g/mol. The maximum Gasteiger partial charge on any atom is 0.219 e. The van der Waals surface area contributed by atoms with Crippen molar-refractivity contribution in [3.05, 3.63) is 23.3 Å². The Morgan fingerprint density at radius 3 is 2.68 bits per heavy atom. The molecule has 4 heterocycles. The molecule has 0 bridgehead atoms. The predicted octanol–water partition coefficient (Wildman–Crippen LogP) is 1.94. The van der Waals surface area contributed by atoms with Crippen LogP contribution in [0.2, 0.25) is 0 Å². The number of fused-ring (bicyclic) bond motifs is 1. The van der Waals surface area contributed by atoms with Gasteiger partial charge < -0.3 is 15.4 Å². The van der Waals surface area contributed by atoms with Gasteiger partial charge in [-0.3, -0.25) is 0 Å². The molecular formula is C17H16N6OS. The smallest absolute Gasteiger partial charge is 0.219 e. The maximum atomic E-state index is 5.59. The molecule has 1 aliphatic rings. The van der Waals surface area contributed by atoms with Crippen molar-refractivity contribution in [2.24, 2.45) is 0 Å². The van der Waals surface area contributed by atoms with Crippen molar-refractivity contribution in [2.75, 3.05) is 36.9 Å². The largest absolute Gasteiger partial charge is 0.378 e. The summed E-state index contributed by atoms with van der Waals surface area (Å²) in [4.78, 5) is 19.9. The van der Waals surface area contributed by atoms with Crippen molar-refractivity contribution in [2.45, 2.75) is 6.92 Å². The van der Waals surface area contributed by atoms with Crippen LogP contribution in [0.1, 0.15) is 12.5 Å². The molecular weight excluding hydrogens is 336 g/mol. The van der Waals surface area contributed by atoms with Crippen molar-refractivity contribution in [1.29, 1.82) is 0 Å². The number of hydrogen-bond donors (Lipinski definition) is 1. The topological polar surface area (TPSA) is 90.0 Å². The van der Waals surface area contributed by atoms with Gasteiger partial charge in [0, 0.05) is 30.9 Å². The van der Waals surface area contributed by atoms with Crippen LogP contribution in [0.15, 0.2) is 17.8 Å². The molecule has 0 aliphatic carbocycles. The van der Waals surface area contributed by atoms with Gasteiger partial charge in [-0.2, -0.15) is 0 Å². The molecule has 1 aliphatic heterocycles. The molecule has 0 atom stereocenters. The van der Waals surface area contributed by atoms with Crippen LogP contribution in [-0.4, -0.2) is 46.2 Å².